The van der Waals surface area contributed by atoms with E-state index in [9.17, 15) is 40.0 Å². The summed E-state index contributed by atoms with van der Waals surface area (Å²) < 4.78 is 110. The van der Waals surface area contributed by atoms with Crippen molar-refractivity contribution in [3.8, 4) is 17.1 Å². The van der Waals surface area contributed by atoms with Gasteiger partial charge in [0.15, 0.2) is 5.82 Å². The third kappa shape index (κ3) is 7.05. The summed E-state index contributed by atoms with van der Waals surface area (Å²) in [6, 6.07) is 10.9. The summed E-state index contributed by atoms with van der Waals surface area (Å²) in [7, 11) is -4.79. The number of halogens is 5. The van der Waals surface area contributed by atoms with Gasteiger partial charge in [0.1, 0.15) is 16.9 Å². The van der Waals surface area contributed by atoms with Crippen LogP contribution >= 0.6 is 11.3 Å². The zero-order valence-corrected chi connectivity index (χ0v) is 30.0. The molecular formula is C34H34F5N5O6S2. The van der Waals surface area contributed by atoms with Crippen molar-refractivity contribution in [1.82, 2.24) is 18.4 Å². The first-order valence-corrected chi connectivity index (χ1v) is 18.3. The van der Waals surface area contributed by atoms with Crippen molar-refractivity contribution in [2.24, 2.45) is 0 Å². The van der Waals surface area contributed by atoms with Crippen LogP contribution in [0, 0.1) is 0 Å². The van der Waals surface area contributed by atoms with Gasteiger partial charge >= 0.3 is 21.6 Å². The summed E-state index contributed by atoms with van der Waals surface area (Å²) >= 11 is 1.03. The predicted octanol–water partition coefficient (Wildman–Crippen LogP) is 6.85. The Morgan fingerprint density at radius 2 is 1.67 bits per heavy atom. The van der Waals surface area contributed by atoms with E-state index in [1.807, 2.05) is 0 Å². The molecule has 0 saturated heterocycles. The number of amides is 1. The molecule has 11 nitrogen and oxygen atoms in total. The lowest BCUT2D eigenvalue weighted by Crippen LogP contribution is -2.38. The van der Waals surface area contributed by atoms with Crippen LogP contribution in [-0.2, 0) is 34.1 Å². The third-order valence-corrected chi connectivity index (χ3v) is 10.8. The maximum atomic E-state index is 14.5. The van der Waals surface area contributed by atoms with Gasteiger partial charge < -0.3 is 24.3 Å². The number of carbonyl (C=O) groups excluding carboxylic acids is 1. The van der Waals surface area contributed by atoms with Crippen LogP contribution in [0.15, 0.2) is 52.6 Å². The molecule has 1 N–H and O–H groups in total. The predicted molar refractivity (Wildman–Crippen MR) is 187 cm³/mol. The molecule has 0 saturated carbocycles. The maximum absolute atomic E-state index is 14.5. The molecule has 18 heteroatoms. The van der Waals surface area contributed by atoms with Crippen LogP contribution in [0.3, 0.4) is 0 Å². The normalized spacial score (nSPS) is 14.2. The van der Waals surface area contributed by atoms with Gasteiger partial charge in [-0.05, 0) is 86.0 Å². The highest BCUT2D eigenvalue weighted by atomic mass is 32.2. The van der Waals surface area contributed by atoms with Gasteiger partial charge in [-0.3, -0.25) is 4.79 Å². The van der Waals surface area contributed by atoms with E-state index in [0.29, 0.717) is 22.4 Å². The number of benzene rings is 2. The largest absolute Gasteiger partial charge is 0.517 e. The topological polar surface area (TPSA) is 125 Å². The van der Waals surface area contributed by atoms with Gasteiger partial charge in [-0.1, -0.05) is 12.1 Å². The highest BCUT2D eigenvalue weighted by Gasteiger charge is 2.50. The quantitative estimate of drug-likeness (QED) is 0.170. The Morgan fingerprint density at radius 3 is 2.27 bits per heavy atom. The minimum Gasteiger partial charge on any atom is -0.497 e. The lowest BCUT2D eigenvalue weighted by Gasteiger charge is -2.26. The standard InChI is InChI=1S/C34H34F5N5O6S2/c1-33(2,3)50-32(46)42-12-9-20-15-23-25(16-21(20)10-13-42)44(52(47,48)34(37,38)39)30(41-23)27-28(40-17-26(35)36)29-24(11-14-51-29)43(31(27)45)18-19-5-7-22(49-4)8-6-19/h5-8,11,14-16,26,40H,9-10,12-13,17-18H2,1-4H3. The number of ether oxygens (including phenoxy) is 2. The fourth-order valence-corrected chi connectivity index (χ4v) is 7.98. The average molecular weight is 768 g/mol. The van der Waals surface area contributed by atoms with Gasteiger partial charge in [0.2, 0.25) is 0 Å². The summed E-state index contributed by atoms with van der Waals surface area (Å²) in [5.74, 6) is -0.352. The SMILES string of the molecule is COc1ccc(Cn2c(=O)c(-c3nc4cc5c(cc4n3S(=O)(=O)C(F)(F)F)CCN(C(=O)OC(C)(C)C)CC5)c(NCC(F)F)c3sccc32)cc1. The van der Waals surface area contributed by atoms with Gasteiger partial charge in [0.05, 0.1) is 47.1 Å². The summed E-state index contributed by atoms with van der Waals surface area (Å²) in [5.41, 5.74) is -7.18. The lowest BCUT2D eigenvalue weighted by atomic mass is 10.0. The van der Waals surface area contributed by atoms with E-state index in [0.717, 1.165) is 11.3 Å². The van der Waals surface area contributed by atoms with E-state index in [1.165, 1.54) is 28.7 Å². The molecule has 2 aromatic carbocycles. The second-order valence-electron chi connectivity index (χ2n) is 13.1. The highest BCUT2D eigenvalue weighted by molar-refractivity contribution is 7.91. The van der Waals surface area contributed by atoms with Crippen molar-refractivity contribution in [1.29, 1.82) is 0 Å². The Labute approximate surface area is 298 Å². The zero-order valence-electron chi connectivity index (χ0n) is 28.4. The second kappa shape index (κ2) is 13.7. The molecule has 4 heterocycles. The molecule has 1 amide bonds. The molecule has 5 aromatic rings. The number of carbonyl (C=O) groups is 1. The Hall–Kier alpha value is -4.71. The van der Waals surface area contributed by atoms with Crippen molar-refractivity contribution in [3.05, 3.63) is 74.9 Å². The minimum absolute atomic E-state index is 0.0272. The molecule has 6 rings (SSSR count). The number of pyridine rings is 1. The number of fused-ring (bicyclic) bond motifs is 3. The number of alkyl halides is 5. The Kier molecular flexibility index (Phi) is 9.75. The summed E-state index contributed by atoms with van der Waals surface area (Å²) in [5, 5.41) is 4.08. The number of hydrogen-bond acceptors (Lipinski definition) is 9. The van der Waals surface area contributed by atoms with Gasteiger partial charge in [0, 0.05) is 13.1 Å². The van der Waals surface area contributed by atoms with Crippen molar-refractivity contribution in [2.75, 3.05) is 32.1 Å². The van der Waals surface area contributed by atoms with Crippen LogP contribution in [0.1, 0.15) is 37.5 Å². The van der Waals surface area contributed by atoms with E-state index in [-0.39, 0.29) is 57.9 Å². The first kappa shape index (κ1) is 37.1. The van der Waals surface area contributed by atoms with Crippen LogP contribution in [0.2, 0.25) is 0 Å². The van der Waals surface area contributed by atoms with Crippen molar-refractivity contribution in [2.45, 2.75) is 57.7 Å². The van der Waals surface area contributed by atoms with Gasteiger partial charge in [-0.2, -0.15) is 21.6 Å². The molecule has 3 aromatic heterocycles. The monoisotopic (exact) mass is 767 g/mol. The first-order chi connectivity index (χ1) is 24.4. The fraction of sp³-hybridized carbons (Fsp3) is 0.382. The number of nitrogens with one attached hydrogen (secondary N) is 1. The van der Waals surface area contributed by atoms with Crippen molar-refractivity contribution < 1.29 is 44.6 Å². The average Bonchev–Trinajstić information content (AvgIpc) is 3.63. The fourth-order valence-electron chi connectivity index (χ4n) is 6.08. The molecule has 52 heavy (non-hydrogen) atoms. The van der Waals surface area contributed by atoms with Gasteiger partial charge in [-0.25, -0.2) is 22.5 Å². The molecule has 1 aliphatic rings. The third-order valence-electron chi connectivity index (χ3n) is 8.45. The number of aromatic nitrogens is 3. The Morgan fingerprint density at radius 1 is 1.02 bits per heavy atom. The summed E-state index contributed by atoms with van der Waals surface area (Å²) in [6.45, 7) is 4.38. The minimum atomic E-state index is -6.27. The van der Waals surface area contributed by atoms with Gasteiger partial charge in [0.25, 0.3) is 12.0 Å². The maximum Gasteiger partial charge on any atom is 0.517 e. The number of methoxy groups -OCH3 is 1. The number of hydrogen-bond donors (Lipinski definition) is 1. The number of imidazole rings is 1. The van der Waals surface area contributed by atoms with Crippen LogP contribution in [0.25, 0.3) is 32.6 Å². The number of rotatable bonds is 8. The van der Waals surface area contributed by atoms with Crippen LogP contribution in [0.5, 0.6) is 5.75 Å². The molecular weight excluding hydrogens is 734 g/mol. The second-order valence-corrected chi connectivity index (χ2v) is 15.8. The highest BCUT2D eigenvalue weighted by Crippen LogP contribution is 2.40. The zero-order chi connectivity index (χ0) is 37.7. The summed E-state index contributed by atoms with van der Waals surface area (Å²) in [6.07, 6.45) is -3.12. The lowest BCUT2D eigenvalue weighted by molar-refractivity contribution is -0.0445. The Balaban J connectivity index is 1.59. The Bertz CT molecular complexity index is 2330. The van der Waals surface area contributed by atoms with E-state index in [2.05, 4.69) is 10.3 Å². The van der Waals surface area contributed by atoms with E-state index >= 15 is 0 Å². The molecule has 0 spiro atoms. The molecule has 0 radical (unpaired) electrons. The van der Waals surface area contributed by atoms with Crippen LogP contribution in [0.4, 0.5) is 32.4 Å². The first-order valence-electron chi connectivity index (χ1n) is 16.0. The molecule has 0 atom stereocenters. The molecule has 0 unspecified atom stereocenters. The van der Waals surface area contributed by atoms with E-state index in [4.69, 9.17) is 9.47 Å². The van der Waals surface area contributed by atoms with Gasteiger partial charge in [-0.15, -0.1) is 11.3 Å². The molecule has 1 aliphatic heterocycles. The van der Waals surface area contributed by atoms with Crippen molar-refractivity contribution in [3.63, 3.8) is 0 Å². The van der Waals surface area contributed by atoms with E-state index < -0.39 is 62.7 Å². The number of nitrogens with zero attached hydrogens (tertiary/aromatic N) is 4. The molecule has 0 bridgehead atoms. The molecule has 278 valence electrons. The smallest absolute Gasteiger partial charge is 0.497 e. The van der Waals surface area contributed by atoms with E-state index in [1.54, 1.807) is 56.5 Å². The number of anilines is 1. The number of thiophene rings is 1. The molecule has 0 fully saturated rings. The molecule has 0 aliphatic carbocycles. The van der Waals surface area contributed by atoms with Crippen LogP contribution < -0.4 is 15.6 Å². The summed E-state index contributed by atoms with van der Waals surface area (Å²) in [4.78, 5) is 33.1. The van der Waals surface area contributed by atoms with Crippen LogP contribution in [-0.4, -0.2) is 77.2 Å². The van der Waals surface area contributed by atoms with Crippen molar-refractivity contribution >= 4 is 54.4 Å².